The maximum absolute atomic E-state index is 13.7. The van der Waals surface area contributed by atoms with Crippen LogP contribution in [-0.2, 0) is 26.9 Å². The van der Waals surface area contributed by atoms with Crippen LogP contribution >= 0.6 is 0 Å². The number of pyridine rings is 1. The number of methoxy groups -OCH3 is 2. The van der Waals surface area contributed by atoms with Gasteiger partial charge in [0, 0.05) is 78.5 Å². The van der Waals surface area contributed by atoms with Gasteiger partial charge in [0.25, 0.3) is 0 Å². The van der Waals surface area contributed by atoms with Crippen LogP contribution in [0.2, 0.25) is 0 Å². The van der Waals surface area contributed by atoms with Crippen molar-refractivity contribution in [3.8, 4) is 5.88 Å². The van der Waals surface area contributed by atoms with Crippen molar-refractivity contribution >= 4 is 33.6 Å². The molecule has 2 aromatic heterocycles. The fraction of sp³-hybridized carbons (Fsp3) is 0.567. The molecule has 10 nitrogen and oxygen atoms in total. The molecule has 2 aliphatic heterocycles. The number of nitrogens with two attached hydrogens (primary N) is 1. The van der Waals surface area contributed by atoms with Crippen LogP contribution in [0, 0.1) is 11.8 Å². The number of carbonyl (C=O) groups excluding carboxylic acids is 1. The minimum atomic E-state index is -0.990. The van der Waals surface area contributed by atoms with Gasteiger partial charge >= 0.3 is 0 Å². The van der Waals surface area contributed by atoms with Crippen molar-refractivity contribution in [2.45, 2.75) is 51.2 Å². The fourth-order valence-corrected chi connectivity index (χ4v) is 6.84. The summed E-state index contributed by atoms with van der Waals surface area (Å²) in [6.07, 6.45) is 7.40. The van der Waals surface area contributed by atoms with E-state index in [1.807, 2.05) is 23.1 Å². The first-order valence-electron chi connectivity index (χ1n) is 14.5. The van der Waals surface area contributed by atoms with Crippen LogP contribution in [0.25, 0.3) is 11.0 Å². The van der Waals surface area contributed by atoms with E-state index >= 15 is 0 Å². The zero-order valence-electron chi connectivity index (χ0n) is 24.3. The molecule has 2 N–H and O–H groups in total. The van der Waals surface area contributed by atoms with Gasteiger partial charge in [0.1, 0.15) is 17.4 Å². The van der Waals surface area contributed by atoms with E-state index < -0.39 is 10.8 Å². The summed E-state index contributed by atoms with van der Waals surface area (Å²) in [5, 5.41) is 1.02. The standard InChI is InChI=1S/C30H40N6O4S/c1-18-11-22(31)17-34(15-18)30(37)21-12-23-27(25(14-21)39-2)35(9-10-41(4)38)29(32-23)24-13-20-7-8-26(40-3)33-28(20)36(24)16-19-5-6-19/h7-8,13-14,18-19,22-23H,5-6,9-12,15-17,31H2,1-4H3/t18-,22-,23?,41?/m1/s1. The lowest BCUT2D eigenvalue weighted by molar-refractivity contribution is -0.129. The number of likely N-dealkylation sites (tertiary alicyclic amines) is 1. The van der Waals surface area contributed by atoms with E-state index in [0.717, 1.165) is 41.2 Å². The second kappa shape index (κ2) is 11.2. The Morgan fingerprint density at radius 2 is 2.00 bits per heavy atom. The molecular weight excluding hydrogens is 540 g/mol. The molecule has 4 atom stereocenters. The molecule has 11 heteroatoms. The van der Waals surface area contributed by atoms with Gasteiger partial charge in [0.2, 0.25) is 11.8 Å². The minimum absolute atomic E-state index is 0.00426. The highest BCUT2D eigenvalue weighted by Crippen LogP contribution is 2.39. The minimum Gasteiger partial charge on any atom is -0.495 e. The van der Waals surface area contributed by atoms with Crippen molar-refractivity contribution in [1.82, 2.24) is 19.4 Å². The van der Waals surface area contributed by atoms with E-state index in [0.29, 0.717) is 60.9 Å². The lowest BCUT2D eigenvalue weighted by Gasteiger charge is -2.36. The molecule has 2 fully saturated rings. The number of allylic oxidation sites excluding steroid dienone is 1. The van der Waals surface area contributed by atoms with Gasteiger partial charge in [-0.3, -0.25) is 14.0 Å². The quantitative estimate of drug-likeness (QED) is 0.485. The molecule has 41 heavy (non-hydrogen) atoms. The van der Waals surface area contributed by atoms with Crippen molar-refractivity contribution in [1.29, 1.82) is 0 Å². The first-order chi connectivity index (χ1) is 19.7. The number of hydrogen-bond acceptors (Lipinski definition) is 8. The lowest BCUT2D eigenvalue weighted by Crippen LogP contribution is -2.49. The van der Waals surface area contributed by atoms with Gasteiger partial charge in [0.15, 0.2) is 5.84 Å². The number of fused-ring (bicyclic) bond motifs is 2. The highest BCUT2D eigenvalue weighted by Gasteiger charge is 2.41. The number of nitrogens with zero attached hydrogens (tertiary/aromatic N) is 5. The first kappa shape index (κ1) is 28.0. The van der Waals surface area contributed by atoms with Gasteiger partial charge in [-0.1, -0.05) is 6.92 Å². The van der Waals surface area contributed by atoms with Crippen molar-refractivity contribution in [3.63, 3.8) is 0 Å². The second-order valence-electron chi connectivity index (χ2n) is 11.9. The molecule has 0 aromatic carbocycles. The Kier molecular flexibility index (Phi) is 7.67. The van der Waals surface area contributed by atoms with Crippen molar-refractivity contribution < 1.29 is 18.5 Å². The highest BCUT2D eigenvalue weighted by molar-refractivity contribution is 7.84. The number of rotatable bonds is 9. The number of carbonyl (C=O) groups is 1. The predicted octanol–water partition coefficient (Wildman–Crippen LogP) is 2.65. The zero-order chi connectivity index (χ0) is 28.8. The molecular formula is C30H40N6O4S. The number of piperidine rings is 1. The molecule has 2 aliphatic carbocycles. The molecule has 0 radical (unpaired) electrons. The van der Waals surface area contributed by atoms with Gasteiger partial charge in [-0.05, 0) is 49.3 Å². The summed E-state index contributed by atoms with van der Waals surface area (Å²) in [5.74, 6) is 3.47. The number of amides is 1. The predicted molar refractivity (Wildman–Crippen MR) is 160 cm³/mol. The van der Waals surface area contributed by atoms with Gasteiger partial charge in [-0.2, -0.15) is 4.98 Å². The molecule has 1 saturated carbocycles. The number of aromatic nitrogens is 2. The smallest absolute Gasteiger partial charge is 0.250 e. The second-order valence-corrected chi connectivity index (χ2v) is 13.4. The van der Waals surface area contributed by atoms with Crippen LogP contribution in [0.1, 0.15) is 38.3 Å². The summed E-state index contributed by atoms with van der Waals surface area (Å²) in [5.41, 5.74) is 9.71. The van der Waals surface area contributed by atoms with Gasteiger partial charge < -0.3 is 29.6 Å². The molecule has 0 bridgehead atoms. The summed E-state index contributed by atoms with van der Waals surface area (Å²) in [7, 11) is 2.27. The van der Waals surface area contributed by atoms with Crippen LogP contribution in [0.5, 0.6) is 5.88 Å². The van der Waals surface area contributed by atoms with Gasteiger partial charge in [0.05, 0.1) is 25.6 Å². The molecule has 6 rings (SSSR count). The average molecular weight is 581 g/mol. The third-order valence-electron chi connectivity index (χ3n) is 8.48. The topological polar surface area (TPSA) is 115 Å². The van der Waals surface area contributed by atoms with Gasteiger partial charge in [-0.15, -0.1) is 0 Å². The Morgan fingerprint density at radius 1 is 1.20 bits per heavy atom. The summed E-state index contributed by atoms with van der Waals surface area (Å²) < 4.78 is 25.9. The zero-order valence-corrected chi connectivity index (χ0v) is 25.2. The Labute approximate surface area is 243 Å². The van der Waals surface area contributed by atoms with Crippen LogP contribution in [0.15, 0.2) is 46.3 Å². The molecule has 0 spiro atoms. The third-order valence-corrected chi connectivity index (χ3v) is 9.24. The van der Waals surface area contributed by atoms with Crippen molar-refractivity contribution in [2.75, 3.05) is 45.9 Å². The maximum Gasteiger partial charge on any atom is 0.250 e. The van der Waals surface area contributed by atoms with E-state index in [-0.39, 0.29) is 18.0 Å². The third kappa shape index (κ3) is 5.53. The fourth-order valence-electron chi connectivity index (χ4n) is 6.40. The first-order valence-corrected chi connectivity index (χ1v) is 16.2. The average Bonchev–Trinajstić information content (AvgIpc) is 3.60. The summed E-state index contributed by atoms with van der Waals surface area (Å²) >= 11 is 0. The number of aliphatic imine (C=N–C) groups is 1. The Morgan fingerprint density at radius 3 is 2.68 bits per heavy atom. The van der Waals surface area contributed by atoms with Crippen LogP contribution < -0.4 is 10.5 Å². The molecule has 4 aliphatic rings. The van der Waals surface area contributed by atoms with Crippen molar-refractivity contribution in [3.05, 3.63) is 47.0 Å². The Hall–Kier alpha value is -3.18. The van der Waals surface area contributed by atoms with Crippen LogP contribution in [0.3, 0.4) is 0 Å². The molecule has 1 saturated heterocycles. The Balaban J connectivity index is 1.41. The van der Waals surface area contributed by atoms with E-state index in [9.17, 15) is 9.00 Å². The highest BCUT2D eigenvalue weighted by atomic mass is 32.2. The number of amidine groups is 1. The number of hydrogen-bond donors (Lipinski definition) is 1. The van der Waals surface area contributed by atoms with E-state index in [4.69, 9.17) is 25.2 Å². The molecule has 2 aromatic rings. The lowest BCUT2D eigenvalue weighted by atomic mass is 9.92. The molecule has 1 amide bonds. The summed E-state index contributed by atoms with van der Waals surface area (Å²) in [6, 6.07) is 5.76. The Bertz CT molecular complexity index is 1460. The van der Waals surface area contributed by atoms with E-state index in [1.54, 1.807) is 20.5 Å². The normalized spacial score (nSPS) is 25.2. The summed E-state index contributed by atoms with van der Waals surface area (Å²) in [4.78, 5) is 27.8. The molecule has 4 heterocycles. The van der Waals surface area contributed by atoms with Gasteiger partial charge in [-0.25, -0.2) is 0 Å². The summed E-state index contributed by atoms with van der Waals surface area (Å²) in [6.45, 7) is 4.78. The monoisotopic (exact) mass is 580 g/mol. The SMILES string of the molecule is COC1=C2C(CC(C(=O)N3C[C@H](C)C[C@@H](N)C3)=C1)N=C(c1cc3ccc(OC)nc3n1CC1CC1)N2CCS(C)=O. The van der Waals surface area contributed by atoms with E-state index in [2.05, 4.69) is 22.5 Å². The largest absolute Gasteiger partial charge is 0.495 e. The maximum atomic E-state index is 13.7. The van der Waals surface area contributed by atoms with Crippen molar-refractivity contribution in [2.24, 2.45) is 22.6 Å². The molecule has 220 valence electrons. The molecule has 2 unspecified atom stereocenters. The van der Waals surface area contributed by atoms with E-state index in [1.165, 1.54) is 12.8 Å². The number of ether oxygens (including phenoxy) is 2. The van der Waals surface area contributed by atoms with Crippen LogP contribution in [-0.4, -0.2) is 93.2 Å². The van der Waals surface area contributed by atoms with Crippen LogP contribution in [0.4, 0.5) is 0 Å².